The summed E-state index contributed by atoms with van der Waals surface area (Å²) in [6.07, 6.45) is -0.876. The Morgan fingerprint density at radius 3 is 2.43 bits per heavy atom. The van der Waals surface area contributed by atoms with Gasteiger partial charge in [0.15, 0.2) is 5.75 Å². The minimum Gasteiger partial charge on any atom is -0.490 e. The topological polar surface area (TPSA) is 35.0 Å². The van der Waals surface area contributed by atoms with E-state index in [2.05, 4.69) is 9.97 Å². The molecule has 6 heteroatoms. The first-order valence-corrected chi connectivity index (χ1v) is 4.02. The molecule has 0 aliphatic carbocycles. The molecule has 0 saturated heterocycles. The van der Waals surface area contributed by atoms with E-state index >= 15 is 0 Å². The molecule has 0 atom stereocenters. The summed E-state index contributed by atoms with van der Waals surface area (Å²) in [7, 11) is 0. The van der Waals surface area contributed by atoms with E-state index < -0.39 is 12.6 Å². The summed E-state index contributed by atoms with van der Waals surface area (Å²) >= 11 is 0. The summed E-state index contributed by atoms with van der Waals surface area (Å²) in [5, 5.41) is 0. The number of aromatic nitrogens is 2. The fraction of sp³-hybridized carbons (Fsp3) is 0.500. The second kappa shape index (κ2) is 4.78. The number of alkyl halides is 3. The first-order valence-electron chi connectivity index (χ1n) is 4.02. The molecule has 0 fully saturated rings. The minimum atomic E-state index is -4.11. The molecule has 0 spiro atoms. The Balaban J connectivity index is 2.17. The molecule has 1 aromatic rings. The van der Waals surface area contributed by atoms with Crippen LogP contribution in [0.15, 0.2) is 18.7 Å². The quantitative estimate of drug-likeness (QED) is 0.708. The van der Waals surface area contributed by atoms with E-state index in [0.717, 1.165) is 0 Å². The summed E-state index contributed by atoms with van der Waals surface area (Å²) in [6.45, 7) is 0.0207. The van der Waals surface area contributed by atoms with Gasteiger partial charge in [0.2, 0.25) is 0 Å². The van der Waals surface area contributed by atoms with Crippen LogP contribution in [-0.4, -0.2) is 22.8 Å². The summed E-state index contributed by atoms with van der Waals surface area (Å²) in [4.78, 5) is 7.31. The fourth-order valence-corrected chi connectivity index (χ4v) is 0.823. The van der Waals surface area contributed by atoms with Crippen molar-refractivity contribution in [3.63, 3.8) is 0 Å². The van der Waals surface area contributed by atoms with E-state index in [1.807, 2.05) is 0 Å². The summed E-state index contributed by atoms with van der Waals surface area (Å²) in [5.41, 5.74) is 0. The average Bonchev–Trinajstić information content (AvgIpc) is 2.13. The molecule has 0 saturated carbocycles. The Morgan fingerprint density at radius 2 is 1.86 bits per heavy atom. The first kappa shape index (κ1) is 10.7. The van der Waals surface area contributed by atoms with Crippen molar-refractivity contribution in [3.05, 3.63) is 18.7 Å². The Kier molecular flexibility index (Phi) is 3.67. The van der Waals surface area contributed by atoms with Crippen LogP contribution in [0.25, 0.3) is 0 Å². The van der Waals surface area contributed by atoms with Gasteiger partial charge in [-0.05, 0) is 6.42 Å². The Hall–Kier alpha value is -1.33. The third kappa shape index (κ3) is 4.64. The third-order valence-electron chi connectivity index (χ3n) is 1.41. The molecule has 0 bridgehead atoms. The van der Waals surface area contributed by atoms with Gasteiger partial charge in [-0.15, -0.1) is 0 Å². The van der Waals surface area contributed by atoms with Crippen LogP contribution in [0, 0.1) is 0 Å². The number of hydrogen-bond donors (Lipinski definition) is 0. The molecule has 1 rings (SSSR count). The molecule has 0 aromatic carbocycles. The van der Waals surface area contributed by atoms with E-state index in [1.54, 1.807) is 0 Å². The van der Waals surface area contributed by atoms with Gasteiger partial charge < -0.3 is 4.74 Å². The molecular weight excluding hydrogens is 197 g/mol. The Morgan fingerprint density at radius 1 is 1.21 bits per heavy atom. The lowest BCUT2D eigenvalue weighted by molar-refractivity contribution is -0.136. The van der Waals surface area contributed by atoms with Gasteiger partial charge in [-0.25, -0.2) is 9.97 Å². The molecule has 0 amide bonds. The molecule has 3 nitrogen and oxygen atoms in total. The van der Waals surface area contributed by atoms with Crippen LogP contribution in [-0.2, 0) is 0 Å². The second-order valence-electron chi connectivity index (χ2n) is 2.64. The maximum atomic E-state index is 11.7. The van der Waals surface area contributed by atoms with Crippen molar-refractivity contribution in [2.75, 3.05) is 6.61 Å². The van der Waals surface area contributed by atoms with Gasteiger partial charge in [0.05, 0.1) is 19.0 Å². The third-order valence-corrected chi connectivity index (χ3v) is 1.41. The normalized spacial score (nSPS) is 11.4. The number of ether oxygens (including phenoxy) is 1. The predicted octanol–water partition coefficient (Wildman–Crippen LogP) is 2.20. The fourth-order valence-electron chi connectivity index (χ4n) is 0.823. The minimum absolute atomic E-state index is 0.0207. The highest BCUT2D eigenvalue weighted by Gasteiger charge is 2.25. The highest BCUT2D eigenvalue weighted by Crippen LogP contribution is 2.21. The molecular formula is C8H9F3N2O. The Labute approximate surface area is 78.9 Å². The maximum Gasteiger partial charge on any atom is 0.389 e. The van der Waals surface area contributed by atoms with Crippen LogP contribution in [0.5, 0.6) is 5.75 Å². The van der Waals surface area contributed by atoms with Gasteiger partial charge in [-0.2, -0.15) is 13.2 Å². The van der Waals surface area contributed by atoms with Gasteiger partial charge >= 0.3 is 6.18 Å². The van der Waals surface area contributed by atoms with Crippen LogP contribution in [0.1, 0.15) is 12.8 Å². The molecule has 1 heterocycles. The van der Waals surface area contributed by atoms with E-state index in [1.165, 1.54) is 18.7 Å². The van der Waals surface area contributed by atoms with Gasteiger partial charge in [0, 0.05) is 6.42 Å². The van der Waals surface area contributed by atoms with Crippen molar-refractivity contribution in [2.45, 2.75) is 19.0 Å². The first-order chi connectivity index (χ1) is 6.58. The van der Waals surface area contributed by atoms with Crippen molar-refractivity contribution in [2.24, 2.45) is 0 Å². The second-order valence-corrected chi connectivity index (χ2v) is 2.64. The Bertz CT molecular complexity index is 263. The van der Waals surface area contributed by atoms with Gasteiger partial charge in [-0.3, -0.25) is 0 Å². The van der Waals surface area contributed by atoms with Crippen molar-refractivity contribution < 1.29 is 17.9 Å². The molecule has 1 aromatic heterocycles. The van der Waals surface area contributed by atoms with Crippen LogP contribution in [0.4, 0.5) is 13.2 Å². The number of rotatable bonds is 4. The van der Waals surface area contributed by atoms with E-state index in [4.69, 9.17) is 4.74 Å². The molecule has 0 unspecified atom stereocenters. The molecule has 0 N–H and O–H groups in total. The maximum absolute atomic E-state index is 11.7. The highest BCUT2D eigenvalue weighted by molar-refractivity contribution is 5.09. The smallest absolute Gasteiger partial charge is 0.389 e. The predicted molar refractivity (Wildman–Crippen MR) is 42.8 cm³/mol. The van der Waals surface area contributed by atoms with Crippen molar-refractivity contribution >= 4 is 0 Å². The van der Waals surface area contributed by atoms with Crippen LogP contribution >= 0.6 is 0 Å². The lowest BCUT2D eigenvalue weighted by Crippen LogP contribution is -2.09. The summed E-state index contributed by atoms with van der Waals surface area (Å²) in [6, 6.07) is 0. The highest BCUT2D eigenvalue weighted by atomic mass is 19.4. The zero-order chi connectivity index (χ0) is 10.4. The SMILES string of the molecule is FC(F)(F)CCCOc1cncnc1. The lowest BCUT2D eigenvalue weighted by Gasteiger charge is -2.06. The molecule has 0 aliphatic heterocycles. The molecule has 78 valence electrons. The summed E-state index contributed by atoms with van der Waals surface area (Å²) in [5.74, 6) is 0.384. The average molecular weight is 206 g/mol. The van der Waals surface area contributed by atoms with E-state index in [0.29, 0.717) is 5.75 Å². The zero-order valence-corrected chi connectivity index (χ0v) is 7.29. The van der Waals surface area contributed by atoms with Crippen LogP contribution in [0.3, 0.4) is 0 Å². The van der Waals surface area contributed by atoms with E-state index in [-0.39, 0.29) is 13.0 Å². The van der Waals surface area contributed by atoms with Gasteiger partial charge in [0.1, 0.15) is 6.33 Å². The van der Waals surface area contributed by atoms with E-state index in [9.17, 15) is 13.2 Å². The monoisotopic (exact) mass is 206 g/mol. The summed E-state index contributed by atoms with van der Waals surface area (Å²) < 4.78 is 40.1. The largest absolute Gasteiger partial charge is 0.490 e. The van der Waals surface area contributed by atoms with Crippen molar-refractivity contribution in [1.82, 2.24) is 9.97 Å². The number of nitrogens with zero attached hydrogens (tertiary/aromatic N) is 2. The lowest BCUT2D eigenvalue weighted by atomic mass is 10.3. The van der Waals surface area contributed by atoms with Crippen molar-refractivity contribution in [1.29, 1.82) is 0 Å². The van der Waals surface area contributed by atoms with Crippen LogP contribution < -0.4 is 4.74 Å². The number of halogens is 3. The van der Waals surface area contributed by atoms with Gasteiger partial charge in [-0.1, -0.05) is 0 Å². The molecule has 0 radical (unpaired) electrons. The molecule has 0 aliphatic rings. The van der Waals surface area contributed by atoms with Crippen molar-refractivity contribution in [3.8, 4) is 5.75 Å². The molecule has 14 heavy (non-hydrogen) atoms. The van der Waals surface area contributed by atoms with Gasteiger partial charge in [0.25, 0.3) is 0 Å². The standard InChI is InChI=1S/C8H9F3N2O/c9-8(10,11)2-1-3-14-7-4-12-6-13-5-7/h4-6H,1-3H2. The number of hydrogen-bond acceptors (Lipinski definition) is 3. The zero-order valence-electron chi connectivity index (χ0n) is 7.29. The van der Waals surface area contributed by atoms with Crippen LogP contribution in [0.2, 0.25) is 0 Å².